The van der Waals surface area contributed by atoms with E-state index in [0.29, 0.717) is 30.8 Å². The molecule has 0 radical (unpaired) electrons. The number of ether oxygens (including phenoxy) is 2. The van der Waals surface area contributed by atoms with E-state index in [1.807, 2.05) is 0 Å². The lowest BCUT2D eigenvalue weighted by Gasteiger charge is -2.32. The van der Waals surface area contributed by atoms with Gasteiger partial charge < -0.3 is 9.47 Å². The third-order valence-electron chi connectivity index (χ3n) is 4.99. The van der Waals surface area contributed by atoms with E-state index < -0.39 is 10.0 Å². The molecule has 2 atom stereocenters. The minimum Gasteiger partial charge on any atom is -0.486 e. The summed E-state index contributed by atoms with van der Waals surface area (Å²) in [6.07, 6.45) is 4.37. The molecule has 0 bridgehead atoms. The molecule has 126 valence electrons. The van der Waals surface area contributed by atoms with Crippen molar-refractivity contribution in [1.82, 2.24) is 9.62 Å². The van der Waals surface area contributed by atoms with Crippen LogP contribution in [0.4, 0.5) is 0 Å². The quantitative estimate of drug-likeness (QED) is 0.901. The zero-order valence-electron chi connectivity index (χ0n) is 13.0. The highest BCUT2D eigenvalue weighted by atomic mass is 32.2. The fourth-order valence-electron chi connectivity index (χ4n) is 3.84. The smallest absolute Gasteiger partial charge is 0.241 e. The highest BCUT2D eigenvalue weighted by Crippen LogP contribution is 2.33. The Morgan fingerprint density at radius 2 is 1.87 bits per heavy atom. The molecule has 2 fully saturated rings. The number of fused-ring (bicyclic) bond motifs is 2. The van der Waals surface area contributed by atoms with Crippen molar-refractivity contribution in [3.8, 4) is 11.5 Å². The molecular weight excluding hydrogens is 316 g/mol. The molecule has 3 aliphatic rings. The van der Waals surface area contributed by atoms with Crippen LogP contribution in [-0.4, -0.2) is 51.7 Å². The molecule has 0 spiro atoms. The molecule has 0 saturated carbocycles. The van der Waals surface area contributed by atoms with E-state index in [1.165, 1.54) is 12.8 Å². The van der Waals surface area contributed by atoms with Gasteiger partial charge in [-0.15, -0.1) is 0 Å². The lowest BCUT2D eigenvalue weighted by atomic mass is 10.00. The first-order valence-corrected chi connectivity index (χ1v) is 9.78. The zero-order chi connectivity index (χ0) is 15.9. The van der Waals surface area contributed by atoms with Crippen LogP contribution in [-0.2, 0) is 10.0 Å². The van der Waals surface area contributed by atoms with Gasteiger partial charge in [0.2, 0.25) is 10.0 Å². The normalized spacial score (nSPS) is 27.7. The number of piperidine rings is 1. The van der Waals surface area contributed by atoms with E-state index in [2.05, 4.69) is 9.62 Å². The van der Waals surface area contributed by atoms with Crippen LogP contribution in [0.5, 0.6) is 11.5 Å². The molecule has 6 nitrogen and oxygen atoms in total. The van der Waals surface area contributed by atoms with Crippen LogP contribution in [0.3, 0.4) is 0 Å². The molecule has 1 N–H and O–H groups in total. The summed E-state index contributed by atoms with van der Waals surface area (Å²) in [7, 11) is -3.54. The molecule has 0 aliphatic carbocycles. The predicted molar refractivity (Wildman–Crippen MR) is 85.4 cm³/mol. The van der Waals surface area contributed by atoms with E-state index in [9.17, 15) is 8.42 Å². The second-order valence-corrected chi connectivity index (χ2v) is 8.13. The van der Waals surface area contributed by atoms with Crippen LogP contribution < -0.4 is 14.2 Å². The van der Waals surface area contributed by atoms with E-state index in [4.69, 9.17) is 9.47 Å². The maximum atomic E-state index is 12.7. The number of benzene rings is 1. The zero-order valence-corrected chi connectivity index (χ0v) is 13.8. The van der Waals surface area contributed by atoms with Crippen LogP contribution in [0.25, 0.3) is 0 Å². The molecule has 2 saturated heterocycles. The minimum absolute atomic E-state index is 0.00787. The second-order valence-electron chi connectivity index (χ2n) is 6.42. The van der Waals surface area contributed by atoms with Crippen molar-refractivity contribution in [2.24, 2.45) is 0 Å². The largest absolute Gasteiger partial charge is 0.486 e. The maximum absolute atomic E-state index is 12.7. The summed E-state index contributed by atoms with van der Waals surface area (Å²) in [5.74, 6) is 1.11. The Kier molecular flexibility index (Phi) is 3.95. The van der Waals surface area contributed by atoms with Gasteiger partial charge >= 0.3 is 0 Å². The standard InChI is InChI=1S/C16H22N2O4S/c19-23(20,12-4-5-15-16(11-12)22-10-9-21-15)17-13-6-8-18-7-2-1-3-14(13)18/h4-5,11,13-14,17H,1-3,6-10H2. The van der Waals surface area contributed by atoms with Crippen LogP contribution in [0, 0.1) is 0 Å². The van der Waals surface area contributed by atoms with Gasteiger partial charge in [-0.25, -0.2) is 13.1 Å². The summed E-state index contributed by atoms with van der Waals surface area (Å²) >= 11 is 0. The average Bonchev–Trinajstić information content (AvgIpc) is 2.97. The Morgan fingerprint density at radius 1 is 1.04 bits per heavy atom. The number of rotatable bonds is 3. The lowest BCUT2D eigenvalue weighted by molar-refractivity contribution is 0.171. The molecular formula is C16H22N2O4S. The van der Waals surface area contributed by atoms with Gasteiger partial charge in [0.25, 0.3) is 0 Å². The summed E-state index contributed by atoms with van der Waals surface area (Å²) in [5, 5.41) is 0. The molecule has 1 aromatic carbocycles. The number of nitrogens with one attached hydrogen (secondary N) is 1. The van der Waals surface area contributed by atoms with Gasteiger partial charge in [0.1, 0.15) is 13.2 Å². The predicted octanol–water partition coefficient (Wildman–Crippen LogP) is 1.36. The first kappa shape index (κ1) is 15.2. The van der Waals surface area contributed by atoms with Gasteiger partial charge in [-0.2, -0.15) is 0 Å². The van der Waals surface area contributed by atoms with Gasteiger partial charge in [0.15, 0.2) is 11.5 Å². The Balaban J connectivity index is 1.54. The Morgan fingerprint density at radius 3 is 2.74 bits per heavy atom. The van der Waals surface area contributed by atoms with Crippen LogP contribution in [0.1, 0.15) is 25.7 Å². The Bertz CT molecular complexity index is 691. The highest BCUT2D eigenvalue weighted by Gasteiger charge is 2.37. The first-order chi connectivity index (χ1) is 11.1. The van der Waals surface area contributed by atoms with Gasteiger partial charge in [-0.1, -0.05) is 6.42 Å². The summed E-state index contributed by atoms with van der Waals surface area (Å²) in [5.41, 5.74) is 0. The molecule has 23 heavy (non-hydrogen) atoms. The van der Waals surface area contributed by atoms with E-state index in [0.717, 1.165) is 25.9 Å². The molecule has 0 amide bonds. The SMILES string of the molecule is O=S(=O)(NC1CCN2CCCCC12)c1ccc2c(c1)OCCO2. The molecule has 7 heteroatoms. The first-order valence-electron chi connectivity index (χ1n) is 8.29. The summed E-state index contributed by atoms with van der Waals surface area (Å²) in [6.45, 7) is 3.02. The van der Waals surface area contributed by atoms with Crippen molar-refractivity contribution in [3.63, 3.8) is 0 Å². The number of nitrogens with zero attached hydrogens (tertiary/aromatic N) is 1. The Labute approximate surface area is 136 Å². The van der Waals surface area contributed by atoms with Crippen molar-refractivity contribution >= 4 is 10.0 Å². The molecule has 1 aromatic rings. The van der Waals surface area contributed by atoms with Gasteiger partial charge in [0.05, 0.1) is 4.90 Å². The van der Waals surface area contributed by atoms with Crippen molar-refractivity contribution in [2.75, 3.05) is 26.3 Å². The molecule has 3 aliphatic heterocycles. The van der Waals surface area contributed by atoms with Crippen LogP contribution in [0.15, 0.2) is 23.1 Å². The van der Waals surface area contributed by atoms with E-state index in [-0.39, 0.29) is 10.9 Å². The topological polar surface area (TPSA) is 67.9 Å². The van der Waals surface area contributed by atoms with E-state index >= 15 is 0 Å². The Hall–Kier alpha value is -1.31. The number of hydrogen-bond donors (Lipinski definition) is 1. The fraction of sp³-hybridized carbons (Fsp3) is 0.625. The van der Waals surface area contributed by atoms with Crippen molar-refractivity contribution < 1.29 is 17.9 Å². The number of sulfonamides is 1. The minimum atomic E-state index is -3.54. The van der Waals surface area contributed by atoms with Gasteiger partial charge in [0, 0.05) is 24.7 Å². The maximum Gasteiger partial charge on any atom is 0.241 e. The number of hydrogen-bond acceptors (Lipinski definition) is 5. The van der Waals surface area contributed by atoms with Crippen LogP contribution >= 0.6 is 0 Å². The summed E-state index contributed by atoms with van der Waals surface area (Å²) < 4.78 is 39.3. The van der Waals surface area contributed by atoms with Crippen molar-refractivity contribution in [1.29, 1.82) is 0 Å². The highest BCUT2D eigenvalue weighted by molar-refractivity contribution is 7.89. The lowest BCUT2D eigenvalue weighted by Crippen LogP contribution is -2.46. The van der Waals surface area contributed by atoms with Crippen molar-refractivity contribution in [3.05, 3.63) is 18.2 Å². The average molecular weight is 338 g/mol. The second kappa shape index (κ2) is 5.96. The third-order valence-corrected chi connectivity index (χ3v) is 6.47. The fourth-order valence-corrected chi connectivity index (χ4v) is 5.16. The van der Waals surface area contributed by atoms with Crippen molar-refractivity contribution in [2.45, 2.75) is 42.7 Å². The monoisotopic (exact) mass is 338 g/mol. The summed E-state index contributed by atoms with van der Waals surface area (Å²) in [6, 6.07) is 5.17. The van der Waals surface area contributed by atoms with Gasteiger partial charge in [-0.3, -0.25) is 4.90 Å². The molecule has 0 aromatic heterocycles. The summed E-state index contributed by atoms with van der Waals surface area (Å²) in [4.78, 5) is 2.66. The molecule has 3 heterocycles. The van der Waals surface area contributed by atoms with E-state index in [1.54, 1.807) is 18.2 Å². The third kappa shape index (κ3) is 2.93. The molecule has 2 unspecified atom stereocenters. The van der Waals surface area contributed by atoms with Crippen LogP contribution in [0.2, 0.25) is 0 Å². The van der Waals surface area contributed by atoms with Gasteiger partial charge in [-0.05, 0) is 37.9 Å². The molecule has 4 rings (SSSR count).